The molecule has 0 bridgehead atoms. The summed E-state index contributed by atoms with van der Waals surface area (Å²) in [6.07, 6.45) is 0.146. The quantitative estimate of drug-likeness (QED) is 0.710. The summed E-state index contributed by atoms with van der Waals surface area (Å²) < 4.78 is 4.68. The Labute approximate surface area is 94.7 Å². The third-order valence-electron chi connectivity index (χ3n) is 2.82. The lowest BCUT2D eigenvalue weighted by Crippen LogP contribution is -2.23. The van der Waals surface area contributed by atoms with Crippen LogP contribution in [0.25, 0.3) is 0 Å². The lowest BCUT2D eigenvalue weighted by molar-refractivity contribution is -0.179. The maximum Gasteiger partial charge on any atom is 0.337 e. The highest BCUT2D eigenvalue weighted by Gasteiger charge is 2.36. The van der Waals surface area contributed by atoms with Gasteiger partial charge in [0.2, 0.25) is 0 Å². The zero-order valence-electron chi connectivity index (χ0n) is 9.42. The number of hydroxylamine groups is 2. The molecule has 0 aromatic heterocycles. The van der Waals surface area contributed by atoms with Gasteiger partial charge in [-0.2, -0.15) is 5.06 Å². The first-order chi connectivity index (χ1) is 7.72. The van der Waals surface area contributed by atoms with Gasteiger partial charge in [-0.25, -0.2) is 4.79 Å². The van der Waals surface area contributed by atoms with Crippen molar-refractivity contribution in [2.45, 2.75) is 18.6 Å². The molecule has 1 fully saturated rings. The maximum atomic E-state index is 11.4. The minimum absolute atomic E-state index is 0.116. The Morgan fingerprint density at radius 3 is 2.75 bits per heavy atom. The molecular weight excluding hydrogens is 206 g/mol. The van der Waals surface area contributed by atoms with Crippen molar-refractivity contribution in [1.82, 2.24) is 5.06 Å². The van der Waals surface area contributed by atoms with E-state index in [2.05, 4.69) is 4.74 Å². The van der Waals surface area contributed by atoms with Gasteiger partial charge < -0.3 is 4.74 Å². The van der Waals surface area contributed by atoms with E-state index in [1.807, 2.05) is 37.4 Å². The number of rotatable bonds is 2. The Balaban J connectivity index is 2.11. The Hall–Kier alpha value is -1.39. The number of hydrogen-bond acceptors (Lipinski definition) is 4. The second-order valence-electron chi connectivity index (χ2n) is 3.83. The summed E-state index contributed by atoms with van der Waals surface area (Å²) in [5.74, 6) is -0.315. The van der Waals surface area contributed by atoms with Gasteiger partial charge in [0.1, 0.15) is 0 Å². The highest BCUT2D eigenvalue weighted by molar-refractivity contribution is 5.74. The third-order valence-corrected chi connectivity index (χ3v) is 2.82. The minimum atomic E-state index is -0.486. The average Bonchev–Trinajstić information content (AvgIpc) is 2.71. The highest BCUT2D eigenvalue weighted by Crippen LogP contribution is 2.32. The molecule has 0 aliphatic carbocycles. The summed E-state index contributed by atoms with van der Waals surface area (Å²) >= 11 is 0. The lowest BCUT2D eigenvalue weighted by atomic mass is 10.0. The van der Waals surface area contributed by atoms with Crippen LogP contribution >= 0.6 is 0 Å². The smallest absolute Gasteiger partial charge is 0.337 e. The predicted molar refractivity (Wildman–Crippen MR) is 58.5 cm³/mol. The number of carbonyl (C=O) groups excluding carboxylic acids is 1. The minimum Gasteiger partial charge on any atom is -0.467 e. The molecule has 1 aromatic rings. The number of carbonyl (C=O) groups is 1. The average molecular weight is 221 g/mol. The highest BCUT2D eigenvalue weighted by atomic mass is 16.7. The zero-order valence-corrected chi connectivity index (χ0v) is 9.42. The van der Waals surface area contributed by atoms with E-state index in [4.69, 9.17) is 4.84 Å². The summed E-state index contributed by atoms with van der Waals surface area (Å²) in [4.78, 5) is 16.8. The van der Waals surface area contributed by atoms with E-state index >= 15 is 0 Å². The van der Waals surface area contributed by atoms with Crippen LogP contribution in [-0.2, 0) is 14.4 Å². The van der Waals surface area contributed by atoms with Crippen molar-refractivity contribution in [3.05, 3.63) is 35.9 Å². The van der Waals surface area contributed by atoms with Crippen LogP contribution < -0.4 is 0 Å². The van der Waals surface area contributed by atoms with E-state index in [1.165, 1.54) is 7.11 Å². The first kappa shape index (κ1) is 11.1. The predicted octanol–water partition coefficient (Wildman–Crippen LogP) is 1.54. The Kier molecular flexibility index (Phi) is 3.22. The van der Waals surface area contributed by atoms with E-state index < -0.39 is 6.10 Å². The van der Waals surface area contributed by atoms with E-state index in [1.54, 1.807) is 5.06 Å². The molecule has 0 radical (unpaired) electrons. The second-order valence-corrected chi connectivity index (χ2v) is 3.83. The molecular formula is C12H15NO3. The second kappa shape index (κ2) is 4.63. The summed E-state index contributed by atoms with van der Waals surface area (Å²) in [5.41, 5.74) is 1.15. The summed E-state index contributed by atoms with van der Waals surface area (Å²) in [5, 5.41) is 1.72. The lowest BCUT2D eigenvalue weighted by Gasteiger charge is -2.17. The molecule has 0 amide bonds. The standard InChI is InChI=1S/C12H15NO3/c1-13-10(9-6-4-3-5-7-9)8-11(16-13)12(14)15-2/h3-7,10-11H,8H2,1-2H3/t10-,11-/m1/s1. The van der Waals surface area contributed by atoms with Crippen LogP contribution in [0.15, 0.2) is 30.3 Å². The molecule has 16 heavy (non-hydrogen) atoms. The molecule has 4 heteroatoms. The molecule has 2 rings (SSSR count). The molecule has 0 unspecified atom stereocenters. The van der Waals surface area contributed by atoms with E-state index in [9.17, 15) is 4.79 Å². The monoisotopic (exact) mass is 221 g/mol. The Bertz CT molecular complexity index is 366. The molecule has 1 aliphatic heterocycles. The van der Waals surface area contributed by atoms with Gasteiger partial charge in [0.15, 0.2) is 6.10 Å². The van der Waals surface area contributed by atoms with Gasteiger partial charge in [0.05, 0.1) is 13.2 Å². The molecule has 2 atom stereocenters. The molecule has 0 N–H and O–H groups in total. The number of nitrogens with zero attached hydrogens (tertiary/aromatic N) is 1. The van der Waals surface area contributed by atoms with Gasteiger partial charge in [-0.15, -0.1) is 0 Å². The Morgan fingerprint density at radius 1 is 1.44 bits per heavy atom. The van der Waals surface area contributed by atoms with Crippen molar-refractivity contribution >= 4 is 5.97 Å². The normalized spacial score (nSPS) is 25.6. The number of benzene rings is 1. The largest absolute Gasteiger partial charge is 0.467 e. The molecule has 1 heterocycles. The van der Waals surface area contributed by atoms with Crippen molar-refractivity contribution < 1.29 is 14.4 Å². The third kappa shape index (κ3) is 2.08. The fourth-order valence-electron chi connectivity index (χ4n) is 1.96. The fourth-order valence-corrected chi connectivity index (χ4v) is 1.96. The van der Waals surface area contributed by atoms with Crippen LogP contribution in [0.5, 0.6) is 0 Å². The van der Waals surface area contributed by atoms with Crippen molar-refractivity contribution in [3.63, 3.8) is 0 Å². The van der Waals surface area contributed by atoms with Gasteiger partial charge in [-0.3, -0.25) is 4.84 Å². The number of methoxy groups -OCH3 is 1. The maximum absolute atomic E-state index is 11.4. The zero-order chi connectivity index (χ0) is 11.5. The number of hydrogen-bond donors (Lipinski definition) is 0. The molecule has 4 nitrogen and oxygen atoms in total. The van der Waals surface area contributed by atoms with Crippen molar-refractivity contribution in [2.24, 2.45) is 0 Å². The number of esters is 1. The molecule has 1 aliphatic rings. The van der Waals surface area contributed by atoms with Crippen molar-refractivity contribution in [2.75, 3.05) is 14.2 Å². The van der Waals surface area contributed by atoms with E-state index in [0.29, 0.717) is 6.42 Å². The molecule has 1 aromatic carbocycles. The summed E-state index contributed by atoms with van der Waals surface area (Å²) in [6.45, 7) is 0. The van der Waals surface area contributed by atoms with Gasteiger partial charge >= 0.3 is 5.97 Å². The van der Waals surface area contributed by atoms with Crippen LogP contribution in [-0.4, -0.2) is 31.3 Å². The topological polar surface area (TPSA) is 38.8 Å². The SMILES string of the molecule is COC(=O)[C@H]1C[C@H](c2ccccc2)N(C)O1. The molecule has 86 valence electrons. The van der Waals surface area contributed by atoms with Gasteiger partial charge in [-0.05, 0) is 5.56 Å². The van der Waals surface area contributed by atoms with Gasteiger partial charge in [0.25, 0.3) is 0 Å². The van der Waals surface area contributed by atoms with Gasteiger partial charge in [-0.1, -0.05) is 30.3 Å². The first-order valence-corrected chi connectivity index (χ1v) is 5.24. The van der Waals surface area contributed by atoms with Crippen LogP contribution in [0.2, 0.25) is 0 Å². The van der Waals surface area contributed by atoms with Gasteiger partial charge in [0, 0.05) is 13.5 Å². The van der Waals surface area contributed by atoms with Crippen LogP contribution in [0.1, 0.15) is 18.0 Å². The fraction of sp³-hybridized carbons (Fsp3) is 0.417. The van der Waals surface area contributed by atoms with Crippen molar-refractivity contribution in [3.8, 4) is 0 Å². The molecule has 0 spiro atoms. The molecule has 1 saturated heterocycles. The van der Waals surface area contributed by atoms with Crippen molar-refractivity contribution in [1.29, 1.82) is 0 Å². The Morgan fingerprint density at radius 2 is 2.12 bits per heavy atom. The summed E-state index contributed by atoms with van der Waals surface area (Å²) in [6, 6.07) is 10.1. The van der Waals surface area contributed by atoms with E-state index in [-0.39, 0.29) is 12.0 Å². The molecule has 0 saturated carbocycles. The van der Waals surface area contributed by atoms with Crippen LogP contribution in [0, 0.1) is 0 Å². The number of ether oxygens (including phenoxy) is 1. The van der Waals surface area contributed by atoms with E-state index in [0.717, 1.165) is 5.56 Å². The first-order valence-electron chi connectivity index (χ1n) is 5.24. The van der Waals surface area contributed by atoms with Crippen LogP contribution in [0.3, 0.4) is 0 Å². The summed E-state index contributed by atoms with van der Waals surface area (Å²) in [7, 11) is 3.21. The van der Waals surface area contributed by atoms with Crippen LogP contribution in [0.4, 0.5) is 0 Å².